The molecule has 0 heterocycles. The molecule has 3 nitrogen and oxygen atoms in total. The molecule has 0 aliphatic rings. The van der Waals surface area contributed by atoms with Crippen LogP contribution >= 0.6 is 12.6 Å². The lowest BCUT2D eigenvalue weighted by molar-refractivity contribution is 0.484. The Morgan fingerprint density at radius 3 is 2.53 bits per heavy atom. The number of rotatable bonds is 1. The summed E-state index contributed by atoms with van der Waals surface area (Å²) in [5.74, 6) is 0. The summed E-state index contributed by atoms with van der Waals surface area (Å²) in [6.07, 6.45) is 0. The molecule has 0 radical (unpaired) electrons. The monoisotopic (exact) mass is 240 g/mol. The molecule has 0 amide bonds. The standard InChI is InChI=1S/C10H8O3S2/c11-15(12,13)10-3-1-2-7-4-5-8(14)6-9(7)10/h1-6,14H,(H,11,12,13). The van der Waals surface area contributed by atoms with Crippen molar-refractivity contribution in [2.75, 3.05) is 0 Å². The van der Waals surface area contributed by atoms with E-state index in [4.69, 9.17) is 4.55 Å². The second-order valence-corrected chi connectivity index (χ2v) is 5.04. The Hall–Kier alpha value is -1.04. The van der Waals surface area contributed by atoms with Gasteiger partial charge in [0.15, 0.2) is 0 Å². The van der Waals surface area contributed by atoms with E-state index in [0.29, 0.717) is 10.3 Å². The number of fused-ring (bicyclic) bond motifs is 1. The van der Waals surface area contributed by atoms with Crippen molar-refractivity contribution in [3.63, 3.8) is 0 Å². The third-order valence-corrected chi connectivity index (χ3v) is 3.29. The Labute approximate surface area is 92.9 Å². The zero-order chi connectivity index (χ0) is 11.1. The average molecular weight is 240 g/mol. The van der Waals surface area contributed by atoms with E-state index in [-0.39, 0.29) is 4.90 Å². The minimum absolute atomic E-state index is 0.0871. The van der Waals surface area contributed by atoms with Gasteiger partial charge in [0.2, 0.25) is 0 Å². The van der Waals surface area contributed by atoms with Crippen molar-refractivity contribution in [3.8, 4) is 0 Å². The van der Waals surface area contributed by atoms with Crippen LogP contribution < -0.4 is 0 Å². The second-order valence-electron chi connectivity index (χ2n) is 3.14. The molecule has 1 N–H and O–H groups in total. The molecule has 0 unspecified atom stereocenters. The first-order valence-corrected chi connectivity index (χ1v) is 6.06. The highest BCUT2D eigenvalue weighted by atomic mass is 32.2. The van der Waals surface area contributed by atoms with Gasteiger partial charge in [-0.1, -0.05) is 18.2 Å². The van der Waals surface area contributed by atoms with Crippen LogP contribution in [0.2, 0.25) is 0 Å². The minimum atomic E-state index is -4.18. The zero-order valence-electron chi connectivity index (χ0n) is 7.58. The number of benzene rings is 2. The molecular weight excluding hydrogens is 232 g/mol. The molecule has 0 aliphatic heterocycles. The average Bonchev–Trinajstić information content (AvgIpc) is 2.15. The molecule has 0 atom stereocenters. The van der Waals surface area contributed by atoms with Crippen molar-refractivity contribution in [1.82, 2.24) is 0 Å². The van der Waals surface area contributed by atoms with Crippen LogP contribution in [0, 0.1) is 0 Å². The summed E-state index contributed by atoms with van der Waals surface area (Å²) in [4.78, 5) is 0.564. The van der Waals surface area contributed by atoms with Gasteiger partial charge in [0.1, 0.15) is 4.90 Å². The van der Waals surface area contributed by atoms with Gasteiger partial charge < -0.3 is 0 Å². The van der Waals surface area contributed by atoms with Crippen LogP contribution in [-0.4, -0.2) is 13.0 Å². The van der Waals surface area contributed by atoms with Gasteiger partial charge in [-0.3, -0.25) is 4.55 Å². The van der Waals surface area contributed by atoms with Crippen LogP contribution in [0.15, 0.2) is 46.2 Å². The van der Waals surface area contributed by atoms with Crippen LogP contribution in [0.4, 0.5) is 0 Å². The molecule has 0 bridgehead atoms. The Morgan fingerprint density at radius 1 is 1.13 bits per heavy atom. The molecule has 0 aromatic heterocycles. The Bertz CT molecular complexity index is 618. The maximum atomic E-state index is 11.1. The maximum absolute atomic E-state index is 11.1. The van der Waals surface area contributed by atoms with Crippen molar-refractivity contribution < 1.29 is 13.0 Å². The van der Waals surface area contributed by atoms with Gasteiger partial charge in [-0.2, -0.15) is 8.42 Å². The van der Waals surface area contributed by atoms with Crippen LogP contribution in [0.5, 0.6) is 0 Å². The fourth-order valence-corrected chi connectivity index (χ4v) is 2.37. The van der Waals surface area contributed by atoms with Crippen LogP contribution in [0.25, 0.3) is 10.8 Å². The fraction of sp³-hybridized carbons (Fsp3) is 0. The van der Waals surface area contributed by atoms with E-state index >= 15 is 0 Å². The smallest absolute Gasteiger partial charge is 0.282 e. The maximum Gasteiger partial charge on any atom is 0.295 e. The highest BCUT2D eigenvalue weighted by Crippen LogP contribution is 2.25. The molecule has 0 saturated carbocycles. The van der Waals surface area contributed by atoms with Crippen molar-refractivity contribution in [1.29, 1.82) is 0 Å². The summed E-state index contributed by atoms with van der Waals surface area (Å²) in [5.41, 5.74) is 0. The summed E-state index contributed by atoms with van der Waals surface area (Å²) < 4.78 is 31.2. The second kappa shape index (κ2) is 3.52. The van der Waals surface area contributed by atoms with E-state index in [0.717, 1.165) is 5.39 Å². The lowest BCUT2D eigenvalue weighted by atomic mass is 10.1. The first-order valence-electron chi connectivity index (χ1n) is 4.18. The Kier molecular flexibility index (Phi) is 2.46. The van der Waals surface area contributed by atoms with Gasteiger partial charge >= 0.3 is 0 Å². The quantitative estimate of drug-likeness (QED) is 0.594. The van der Waals surface area contributed by atoms with Gasteiger partial charge in [0, 0.05) is 10.3 Å². The van der Waals surface area contributed by atoms with Gasteiger partial charge in [-0.15, -0.1) is 12.6 Å². The lowest BCUT2D eigenvalue weighted by Gasteiger charge is -2.03. The SMILES string of the molecule is O=S(=O)(O)c1cccc2ccc(S)cc12. The van der Waals surface area contributed by atoms with E-state index in [1.807, 2.05) is 0 Å². The first kappa shape index (κ1) is 10.5. The van der Waals surface area contributed by atoms with Crippen molar-refractivity contribution in [3.05, 3.63) is 36.4 Å². The Morgan fingerprint density at radius 2 is 1.87 bits per heavy atom. The molecule has 2 aromatic rings. The molecule has 0 spiro atoms. The highest BCUT2D eigenvalue weighted by Gasteiger charge is 2.13. The van der Waals surface area contributed by atoms with Gasteiger partial charge in [0.25, 0.3) is 10.1 Å². The number of thiol groups is 1. The van der Waals surface area contributed by atoms with Crippen LogP contribution in [0.3, 0.4) is 0 Å². The Balaban J connectivity index is 2.92. The van der Waals surface area contributed by atoms with Gasteiger partial charge in [-0.25, -0.2) is 0 Å². The molecule has 2 rings (SSSR count). The largest absolute Gasteiger partial charge is 0.295 e. The summed E-state index contributed by atoms with van der Waals surface area (Å²) in [6, 6.07) is 9.86. The molecule has 15 heavy (non-hydrogen) atoms. The van der Waals surface area contributed by atoms with E-state index in [2.05, 4.69) is 12.6 Å². The predicted molar refractivity (Wildman–Crippen MR) is 61.0 cm³/mol. The minimum Gasteiger partial charge on any atom is -0.282 e. The van der Waals surface area contributed by atoms with Crippen molar-refractivity contribution in [2.45, 2.75) is 9.79 Å². The summed E-state index contributed by atoms with van der Waals surface area (Å²) >= 11 is 4.13. The normalized spacial score (nSPS) is 11.9. The summed E-state index contributed by atoms with van der Waals surface area (Å²) in [7, 11) is -4.18. The lowest BCUT2D eigenvalue weighted by Crippen LogP contribution is -1.98. The molecule has 0 aliphatic carbocycles. The third kappa shape index (κ3) is 1.99. The van der Waals surface area contributed by atoms with Crippen molar-refractivity contribution >= 4 is 33.5 Å². The molecule has 2 aromatic carbocycles. The molecule has 0 saturated heterocycles. The topological polar surface area (TPSA) is 54.4 Å². The molecule has 0 fully saturated rings. The number of hydrogen-bond donors (Lipinski definition) is 2. The van der Waals surface area contributed by atoms with Gasteiger partial charge in [-0.05, 0) is 23.6 Å². The molecular formula is C10H8O3S2. The first-order chi connectivity index (χ1) is 6.98. The van der Waals surface area contributed by atoms with E-state index < -0.39 is 10.1 Å². The number of hydrogen-bond acceptors (Lipinski definition) is 3. The summed E-state index contributed by atoms with van der Waals surface area (Å²) in [6.45, 7) is 0. The molecule has 5 heteroatoms. The fourth-order valence-electron chi connectivity index (χ4n) is 1.46. The van der Waals surface area contributed by atoms with E-state index in [1.54, 1.807) is 30.3 Å². The molecule has 78 valence electrons. The van der Waals surface area contributed by atoms with Crippen molar-refractivity contribution in [2.24, 2.45) is 0 Å². The zero-order valence-corrected chi connectivity index (χ0v) is 9.29. The van der Waals surface area contributed by atoms with Crippen LogP contribution in [-0.2, 0) is 10.1 Å². The predicted octanol–water partition coefficient (Wildman–Crippen LogP) is 2.38. The van der Waals surface area contributed by atoms with Crippen LogP contribution in [0.1, 0.15) is 0 Å². The van der Waals surface area contributed by atoms with E-state index in [1.165, 1.54) is 6.07 Å². The van der Waals surface area contributed by atoms with E-state index in [9.17, 15) is 8.42 Å². The summed E-state index contributed by atoms with van der Waals surface area (Å²) in [5, 5.41) is 1.23. The third-order valence-electron chi connectivity index (χ3n) is 2.10. The van der Waals surface area contributed by atoms with Gasteiger partial charge in [0.05, 0.1) is 0 Å². The highest BCUT2D eigenvalue weighted by molar-refractivity contribution is 7.86.